The highest BCUT2D eigenvalue weighted by atomic mass is 16.6. The first-order valence-corrected chi connectivity index (χ1v) is 17.1. The fourth-order valence-corrected chi connectivity index (χ4v) is 6.86. The van der Waals surface area contributed by atoms with Gasteiger partial charge in [0.1, 0.15) is 18.0 Å². The van der Waals surface area contributed by atoms with Crippen molar-refractivity contribution < 1.29 is 14.3 Å². The van der Waals surface area contributed by atoms with Crippen LogP contribution in [0.4, 0.5) is 0 Å². The van der Waals surface area contributed by atoms with Gasteiger partial charge in [0, 0.05) is 41.4 Å². The molecule has 3 aromatic heterocycles. The number of rotatable bonds is 9. The van der Waals surface area contributed by atoms with Gasteiger partial charge in [-0.2, -0.15) is 0 Å². The van der Waals surface area contributed by atoms with Gasteiger partial charge in [-0.05, 0) is 108 Å². The molecule has 1 saturated carbocycles. The Morgan fingerprint density at radius 2 is 1.77 bits per heavy atom. The second-order valence-electron chi connectivity index (χ2n) is 14.3. The molecule has 0 bridgehead atoms. The summed E-state index contributed by atoms with van der Waals surface area (Å²) in [5.74, 6) is 2.51. The molecule has 47 heavy (non-hydrogen) atoms. The van der Waals surface area contributed by atoms with Crippen LogP contribution in [0.15, 0.2) is 66.9 Å². The molecule has 7 rings (SSSR count). The summed E-state index contributed by atoms with van der Waals surface area (Å²) in [4.78, 5) is 30.0. The number of pyridine rings is 2. The van der Waals surface area contributed by atoms with E-state index in [1.54, 1.807) is 0 Å². The molecule has 2 aromatic carbocycles. The molecule has 2 fully saturated rings. The highest BCUT2D eigenvalue weighted by molar-refractivity contribution is 5.94. The maximum absolute atomic E-state index is 12.9. The van der Waals surface area contributed by atoms with E-state index in [1.807, 2.05) is 57.3 Å². The molecule has 0 atom stereocenters. The van der Waals surface area contributed by atoms with E-state index in [1.165, 1.54) is 24.8 Å². The number of fused-ring (bicyclic) bond motifs is 2. The molecular formula is C39H45N5O3. The van der Waals surface area contributed by atoms with Crippen LogP contribution in [0.1, 0.15) is 91.8 Å². The number of aryl methyl sites for hydroxylation is 1. The number of nitrogens with zero attached hydrogens (tertiary/aromatic N) is 5. The molecule has 0 N–H and O–H groups in total. The normalized spacial score (nSPS) is 16.4. The third-order valence-electron chi connectivity index (χ3n) is 9.69. The summed E-state index contributed by atoms with van der Waals surface area (Å²) in [6.07, 6.45) is 7.74. The lowest BCUT2D eigenvalue weighted by atomic mass is 9.85. The highest BCUT2D eigenvalue weighted by Crippen LogP contribution is 2.33. The van der Waals surface area contributed by atoms with Crippen LogP contribution >= 0.6 is 0 Å². The second kappa shape index (κ2) is 13.1. The van der Waals surface area contributed by atoms with E-state index >= 15 is 0 Å². The maximum Gasteiger partial charge on any atom is 0.338 e. The molecule has 5 aromatic rings. The Kier molecular flexibility index (Phi) is 8.71. The molecule has 244 valence electrons. The summed E-state index contributed by atoms with van der Waals surface area (Å²) < 4.78 is 14.2. The van der Waals surface area contributed by atoms with Crippen molar-refractivity contribution >= 4 is 27.9 Å². The number of aromatic nitrogens is 4. The zero-order valence-electron chi connectivity index (χ0n) is 28.0. The van der Waals surface area contributed by atoms with Crippen LogP contribution in [0.25, 0.3) is 21.9 Å². The number of likely N-dealkylation sites (tertiary alicyclic amines) is 1. The van der Waals surface area contributed by atoms with Crippen molar-refractivity contribution in [1.29, 1.82) is 0 Å². The van der Waals surface area contributed by atoms with Crippen LogP contribution < -0.4 is 4.74 Å². The van der Waals surface area contributed by atoms with Crippen molar-refractivity contribution in [2.24, 2.45) is 5.92 Å². The lowest BCUT2D eigenvalue weighted by molar-refractivity contribution is 0.00696. The Labute approximate surface area is 277 Å². The number of esters is 1. The molecule has 8 nitrogen and oxygen atoms in total. The topological polar surface area (TPSA) is 82.4 Å². The van der Waals surface area contributed by atoms with Crippen LogP contribution in [-0.4, -0.2) is 49.1 Å². The zero-order valence-corrected chi connectivity index (χ0v) is 28.0. The molecule has 8 heteroatoms. The molecule has 1 aliphatic carbocycles. The van der Waals surface area contributed by atoms with E-state index in [4.69, 9.17) is 19.4 Å². The molecule has 0 radical (unpaired) electrons. The predicted molar refractivity (Wildman–Crippen MR) is 185 cm³/mol. The number of hydrogen-bond acceptors (Lipinski definition) is 7. The molecular weight excluding hydrogens is 586 g/mol. The standard InChI is InChI=1S/C39H45N5O3/c1-26-16-19-40-37-30(10-6-11-31(26)37)25-46-36-13-7-12-32(42-36)28-17-20-43(21-18-28)24-35-41-33-15-14-29(38(45)47-39(2,3)4)22-34(33)44(35)23-27-8-5-9-27/h6-7,10-16,19,22,27-28H,5,8-9,17-18,20-21,23-25H2,1-4H3. The molecule has 1 aliphatic heterocycles. The first-order chi connectivity index (χ1) is 22.7. The van der Waals surface area contributed by atoms with Crippen molar-refractivity contribution in [2.75, 3.05) is 13.1 Å². The van der Waals surface area contributed by atoms with Crippen molar-refractivity contribution in [3.63, 3.8) is 0 Å². The van der Waals surface area contributed by atoms with Crippen molar-refractivity contribution in [3.05, 3.63) is 95.1 Å². The number of imidazole rings is 1. The summed E-state index contributed by atoms with van der Waals surface area (Å²) in [6.45, 7) is 12.0. The first-order valence-electron chi connectivity index (χ1n) is 17.1. The van der Waals surface area contributed by atoms with Crippen molar-refractivity contribution in [3.8, 4) is 5.88 Å². The minimum absolute atomic E-state index is 0.289. The van der Waals surface area contributed by atoms with Gasteiger partial charge >= 0.3 is 5.97 Å². The summed E-state index contributed by atoms with van der Waals surface area (Å²) in [5, 5.41) is 1.16. The maximum atomic E-state index is 12.9. The minimum Gasteiger partial charge on any atom is -0.473 e. The Morgan fingerprint density at radius 1 is 0.957 bits per heavy atom. The van der Waals surface area contributed by atoms with Crippen molar-refractivity contribution in [2.45, 2.75) is 91.0 Å². The Bertz CT molecular complexity index is 1900. The third-order valence-corrected chi connectivity index (χ3v) is 9.69. The summed E-state index contributed by atoms with van der Waals surface area (Å²) in [6, 6.07) is 20.2. The Balaban J connectivity index is 1.02. The minimum atomic E-state index is -0.534. The molecule has 4 heterocycles. The first kappa shape index (κ1) is 31.3. The number of ether oxygens (including phenoxy) is 2. The Hall–Kier alpha value is -4.30. The SMILES string of the molecule is Cc1ccnc2c(COc3cccc(C4CCN(Cc5nc6ccc(C(=O)OC(C)(C)C)cc6n5CC5CCC5)CC4)n3)cccc12. The van der Waals surface area contributed by atoms with Gasteiger partial charge in [0.25, 0.3) is 0 Å². The quantitative estimate of drug-likeness (QED) is 0.153. The number of carbonyl (C=O) groups excluding carboxylic acids is 1. The fourth-order valence-electron chi connectivity index (χ4n) is 6.86. The van der Waals surface area contributed by atoms with E-state index in [0.29, 0.717) is 29.9 Å². The van der Waals surface area contributed by atoms with Gasteiger partial charge in [-0.15, -0.1) is 0 Å². The van der Waals surface area contributed by atoms with Gasteiger partial charge in [0.15, 0.2) is 0 Å². The number of para-hydroxylation sites is 1. The van der Waals surface area contributed by atoms with E-state index in [-0.39, 0.29) is 5.97 Å². The molecule has 0 spiro atoms. The second-order valence-corrected chi connectivity index (χ2v) is 14.3. The van der Waals surface area contributed by atoms with Crippen LogP contribution in [0.5, 0.6) is 5.88 Å². The molecule has 1 saturated heterocycles. The van der Waals surface area contributed by atoms with E-state index in [9.17, 15) is 4.79 Å². The summed E-state index contributed by atoms with van der Waals surface area (Å²) >= 11 is 0. The summed E-state index contributed by atoms with van der Waals surface area (Å²) in [7, 11) is 0. The lowest BCUT2D eigenvalue weighted by Crippen LogP contribution is -2.34. The molecule has 0 amide bonds. The van der Waals surface area contributed by atoms with Gasteiger partial charge in [0.2, 0.25) is 5.88 Å². The van der Waals surface area contributed by atoms with Crippen LogP contribution in [-0.2, 0) is 24.4 Å². The smallest absolute Gasteiger partial charge is 0.338 e. The number of carbonyl (C=O) groups is 1. The molecule has 2 aliphatic rings. The number of piperidine rings is 1. The van der Waals surface area contributed by atoms with E-state index in [0.717, 1.165) is 78.0 Å². The van der Waals surface area contributed by atoms with Crippen LogP contribution in [0.3, 0.4) is 0 Å². The largest absolute Gasteiger partial charge is 0.473 e. The van der Waals surface area contributed by atoms with E-state index < -0.39 is 5.60 Å². The lowest BCUT2D eigenvalue weighted by Gasteiger charge is -2.32. The Morgan fingerprint density at radius 3 is 2.53 bits per heavy atom. The van der Waals surface area contributed by atoms with Gasteiger partial charge in [-0.3, -0.25) is 9.88 Å². The average Bonchev–Trinajstić information content (AvgIpc) is 3.37. The number of hydrogen-bond donors (Lipinski definition) is 0. The predicted octanol–water partition coefficient (Wildman–Crippen LogP) is 8.00. The van der Waals surface area contributed by atoms with Crippen molar-refractivity contribution in [1.82, 2.24) is 24.4 Å². The van der Waals surface area contributed by atoms with E-state index in [2.05, 4.69) is 51.7 Å². The average molecular weight is 632 g/mol. The monoisotopic (exact) mass is 631 g/mol. The van der Waals surface area contributed by atoms with Gasteiger partial charge in [-0.25, -0.2) is 14.8 Å². The fraction of sp³-hybridized carbons (Fsp3) is 0.436. The van der Waals surface area contributed by atoms with Crippen LogP contribution in [0, 0.1) is 12.8 Å². The highest BCUT2D eigenvalue weighted by Gasteiger charge is 2.26. The number of benzene rings is 2. The molecule has 0 unspecified atom stereocenters. The van der Waals surface area contributed by atoms with Gasteiger partial charge in [-0.1, -0.05) is 30.7 Å². The van der Waals surface area contributed by atoms with Crippen LogP contribution in [0.2, 0.25) is 0 Å². The van der Waals surface area contributed by atoms with Gasteiger partial charge in [0.05, 0.1) is 28.7 Å². The zero-order chi connectivity index (χ0) is 32.5. The third kappa shape index (κ3) is 7.03. The van der Waals surface area contributed by atoms with Gasteiger partial charge < -0.3 is 14.0 Å². The summed E-state index contributed by atoms with van der Waals surface area (Å²) in [5.41, 5.74) is 6.38.